The lowest BCUT2D eigenvalue weighted by atomic mass is 10.0. The number of benzene rings is 3. The fraction of sp³-hybridized carbons (Fsp3) is 0.310. The Morgan fingerprint density at radius 1 is 0.853 bits per heavy atom. The molecule has 0 spiro atoms. The van der Waals surface area contributed by atoms with Gasteiger partial charge >= 0.3 is 0 Å². The van der Waals surface area contributed by atoms with Gasteiger partial charge in [0.15, 0.2) is 0 Å². The molecule has 0 aliphatic heterocycles. The van der Waals surface area contributed by atoms with Crippen molar-refractivity contribution in [1.29, 1.82) is 0 Å². The number of ether oxygens (including phenoxy) is 1. The number of hydrogen-bond acceptors (Lipinski definition) is 3. The minimum Gasteiger partial charge on any atom is -0.497 e. The molecule has 0 fully saturated rings. The van der Waals surface area contributed by atoms with Gasteiger partial charge in [-0.2, -0.15) is 0 Å². The number of carbonyl (C=O) groups excluding carboxylic acids is 2. The van der Waals surface area contributed by atoms with Crippen molar-refractivity contribution in [1.82, 2.24) is 10.2 Å². The van der Waals surface area contributed by atoms with E-state index in [1.165, 1.54) is 0 Å². The van der Waals surface area contributed by atoms with Gasteiger partial charge in [0.2, 0.25) is 11.8 Å². The summed E-state index contributed by atoms with van der Waals surface area (Å²) in [6, 6.07) is 26.6. The van der Waals surface area contributed by atoms with Crippen LogP contribution in [0.15, 0.2) is 84.9 Å². The molecule has 0 aliphatic carbocycles. The maximum Gasteiger partial charge on any atom is 0.243 e. The molecule has 0 saturated heterocycles. The number of rotatable bonds is 11. The van der Waals surface area contributed by atoms with Gasteiger partial charge < -0.3 is 15.0 Å². The maximum absolute atomic E-state index is 13.7. The van der Waals surface area contributed by atoms with E-state index in [1.807, 2.05) is 98.8 Å². The zero-order valence-corrected chi connectivity index (χ0v) is 20.2. The summed E-state index contributed by atoms with van der Waals surface area (Å²) in [5, 5.41) is 3.10. The number of nitrogens with one attached hydrogen (secondary N) is 1. The summed E-state index contributed by atoms with van der Waals surface area (Å²) in [4.78, 5) is 28.9. The van der Waals surface area contributed by atoms with Crippen LogP contribution in [0.5, 0.6) is 5.75 Å². The molecule has 2 amide bonds. The fourth-order valence-electron chi connectivity index (χ4n) is 3.79. The highest BCUT2D eigenvalue weighted by Crippen LogP contribution is 2.18. The van der Waals surface area contributed by atoms with Crippen molar-refractivity contribution in [3.8, 4) is 5.75 Å². The van der Waals surface area contributed by atoms with Gasteiger partial charge in [-0.15, -0.1) is 0 Å². The minimum atomic E-state index is -0.623. The first-order valence-corrected chi connectivity index (χ1v) is 11.8. The van der Waals surface area contributed by atoms with Crippen molar-refractivity contribution in [3.63, 3.8) is 0 Å². The van der Waals surface area contributed by atoms with Crippen molar-refractivity contribution < 1.29 is 14.3 Å². The Labute approximate surface area is 202 Å². The third-order valence-electron chi connectivity index (χ3n) is 5.98. The molecule has 3 rings (SSSR count). The average Bonchev–Trinajstić information content (AvgIpc) is 2.87. The summed E-state index contributed by atoms with van der Waals surface area (Å²) >= 11 is 0. The van der Waals surface area contributed by atoms with Crippen molar-refractivity contribution in [2.24, 2.45) is 0 Å². The van der Waals surface area contributed by atoms with E-state index in [2.05, 4.69) is 5.32 Å². The normalized spacial score (nSPS) is 12.4. The van der Waals surface area contributed by atoms with E-state index in [1.54, 1.807) is 12.0 Å². The minimum absolute atomic E-state index is 0.0287. The Morgan fingerprint density at radius 3 is 2.00 bits per heavy atom. The van der Waals surface area contributed by atoms with Gasteiger partial charge in [-0.3, -0.25) is 9.59 Å². The van der Waals surface area contributed by atoms with Crippen LogP contribution >= 0.6 is 0 Å². The van der Waals surface area contributed by atoms with Crippen LogP contribution in [0.3, 0.4) is 0 Å². The second-order valence-electron chi connectivity index (χ2n) is 8.56. The van der Waals surface area contributed by atoms with Gasteiger partial charge in [0, 0.05) is 19.0 Å². The topological polar surface area (TPSA) is 58.6 Å². The summed E-state index contributed by atoms with van der Waals surface area (Å²) in [5.41, 5.74) is 2.88. The Morgan fingerprint density at radius 2 is 1.44 bits per heavy atom. The summed E-state index contributed by atoms with van der Waals surface area (Å²) in [5.74, 6) is 0.527. The first-order chi connectivity index (χ1) is 16.5. The standard InChI is InChI=1S/C29H34N2O3/c1-4-22(2)30-29(33)27(19-23-11-7-5-8-12-23)31(21-25-13-9-6-10-14-25)28(32)20-24-15-17-26(34-3)18-16-24/h5-18,22,27H,4,19-21H2,1-3H3,(H,30,33)/t22-,27+/m0/s1. The number of hydrogen-bond donors (Lipinski definition) is 1. The summed E-state index contributed by atoms with van der Waals surface area (Å²) in [6.07, 6.45) is 1.48. The Hall–Kier alpha value is -3.60. The lowest BCUT2D eigenvalue weighted by molar-refractivity contribution is -0.141. The third-order valence-corrected chi connectivity index (χ3v) is 5.98. The van der Waals surface area contributed by atoms with E-state index in [0.29, 0.717) is 13.0 Å². The monoisotopic (exact) mass is 458 g/mol. The van der Waals surface area contributed by atoms with E-state index < -0.39 is 6.04 Å². The lowest BCUT2D eigenvalue weighted by Gasteiger charge is -2.32. The Kier molecular flexibility index (Phi) is 9.27. The molecule has 1 N–H and O–H groups in total. The Balaban J connectivity index is 1.93. The highest BCUT2D eigenvalue weighted by atomic mass is 16.5. The lowest BCUT2D eigenvalue weighted by Crippen LogP contribution is -2.52. The zero-order valence-electron chi connectivity index (χ0n) is 20.2. The average molecular weight is 459 g/mol. The predicted molar refractivity (Wildman–Crippen MR) is 136 cm³/mol. The molecular weight excluding hydrogens is 424 g/mol. The molecule has 2 atom stereocenters. The van der Waals surface area contributed by atoms with Gasteiger partial charge in [-0.1, -0.05) is 79.7 Å². The zero-order chi connectivity index (χ0) is 24.3. The smallest absolute Gasteiger partial charge is 0.243 e. The SMILES string of the molecule is CC[C@H](C)NC(=O)[C@@H](Cc1ccccc1)N(Cc1ccccc1)C(=O)Cc1ccc(OC)cc1. The van der Waals surface area contributed by atoms with Crippen LogP contribution in [0.2, 0.25) is 0 Å². The highest BCUT2D eigenvalue weighted by molar-refractivity contribution is 5.89. The molecule has 0 saturated carbocycles. The molecule has 0 unspecified atom stereocenters. The molecule has 3 aromatic rings. The molecule has 5 nitrogen and oxygen atoms in total. The van der Waals surface area contributed by atoms with E-state index in [9.17, 15) is 9.59 Å². The molecule has 0 radical (unpaired) electrons. The quantitative estimate of drug-likeness (QED) is 0.449. The molecule has 34 heavy (non-hydrogen) atoms. The predicted octanol–water partition coefficient (Wildman–Crippen LogP) is 4.79. The van der Waals surface area contributed by atoms with Gasteiger partial charge in [0.25, 0.3) is 0 Å². The molecule has 5 heteroatoms. The molecule has 0 aliphatic rings. The largest absolute Gasteiger partial charge is 0.497 e. The molecule has 3 aromatic carbocycles. The van der Waals surface area contributed by atoms with Crippen LogP contribution in [-0.2, 0) is 29.0 Å². The molecular formula is C29H34N2O3. The number of carbonyl (C=O) groups is 2. The molecule has 0 bridgehead atoms. The van der Waals surface area contributed by atoms with Gasteiger partial charge in [0.05, 0.1) is 13.5 Å². The Bertz CT molecular complexity index is 1040. The van der Waals surface area contributed by atoms with Crippen molar-refractivity contribution in [3.05, 3.63) is 102 Å². The van der Waals surface area contributed by atoms with Crippen LogP contribution in [0.25, 0.3) is 0 Å². The van der Waals surface area contributed by atoms with Crippen molar-refractivity contribution in [2.45, 2.75) is 51.7 Å². The molecule has 0 heterocycles. The number of amides is 2. The molecule has 0 aromatic heterocycles. The highest BCUT2D eigenvalue weighted by Gasteiger charge is 2.30. The van der Waals surface area contributed by atoms with Crippen LogP contribution in [0.1, 0.15) is 37.0 Å². The van der Waals surface area contributed by atoms with E-state index >= 15 is 0 Å². The van der Waals surface area contributed by atoms with Crippen LogP contribution in [0.4, 0.5) is 0 Å². The number of nitrogens with zero attached hydrogens (tertiary/aromatic N) is 1. The first kappa shape index (κ1) is 25.0. The van der Waals surface area contributed by atoms with Crippen molar-refractivity contribution in [2.75, 3.05) is 7.11 Å². The second-order valence-corrected chi connectivity index (χ2v) is 8.56. The third kappa shape index (κ3) is 7.20. The van der Waals surface area contributed by atoms with E-state index in [-0.39, 0.29) is 24.3 Å². The first-order valence-electron chi connectivity index (χ1n) is 11.8. The van der Waals surface area contributed by atoms with Crippen molar-refractivity contribution >= 4 is 11.8 Å². The van der Waals surface area contributed by atoms with E-state index in [4.69, 9.17) is 4.74 Å². The van der Waals surface area contributed by atoms with Gasteiger partial charge in [-0.05, 0) is 42.2 Å². The van der Waals surface area contributed by atoms with Gasteiger partial charge in [-0.25, -0.2) is 0 Å². The fourth-order valence-corrected chi connectivity index (χ4v) is 3.79. The molecule has 178 valence electrons. The van der Waals surface area contributed by atoms with Crippen LogP contribution in [-0.4, -0.2) is 35.9 Å². The summed E-state index contributed by atoms with van der Waals surface area (Å²) in [6.45, 7) is 4.38. The van der Waals surface area contributed by atoms with Crippen LogP contribution in [0, 0.1) is 0 Å². The van der Waals surface area contributed by atoms with Gasteiger partial charge in [0.1, 0.15) is 11.8 Å². The second kappa shape index (κ2) is 12.6. The van der Waals surface area contributed by atoms with Crippen LogP contribution < -0.4 is 10.1 Å². The maximum atomic E-state index is 13.7. The summed E-state index contributed by atoms with van der Waals surface area (Å²) in [7, 11) is 1.62. The van der Waals surface area contributed by atoms with E-state index in [0.717, 1.165) is 28.9 Å². The summed E-state index contributed by atoms with van der Waals surface area (Å²) < 4.78 is 5.24. The number of methoxy groups -OCH3 is 1.